The molecule has 0 saturated heterocycles. The fourth-order valence-corrected chi connectivity index (χ4v) is 2.64. The van der Waals surface area contributed by atoms with Gasteiger partial charge in [-0.05, 0) is 39.0 Å². The molecule has 1 aromatic carbocycles. The zero-order valence-electron chi connectivity index (χ0n) is 15.6. The van der Waals surface area contributed by atoms with Gasteiger partial charge >= 0.3 is 5.97 Å². The van der Waals surface area contributed by atoms with Crippen LogP contribution in [0.3, 0.4) is 0 Å². The van der Waals surface area contributed by atoms with Crippen molar-refractivity contribution in [1.29, 1.82) is 0 Å². The van der Waals surface area contributed by atoms with Crippen molar-refractivity contribution in [2.45, 2.75) is 44.8 Å². The van der Waals surface area contributed by atoms with Gasteiger partial charge in [-0.3, -0.25) is 9.59 Å². The Morgan fingerprint density at radius 3 is 2.46 bits per heavy atom. The number of carbonyl (C=O) groups excluding carboxylic acids is 1. The van der Waals surface area contributed by atoms with E-state index in [0.29, 0.717) is 22.8 Å². The predicted molar refractivity (Wildman–Crippen MR) is 94.7 cm³/mol. The van der Waals surface area contributed by atoms with Gasteiger partial charge in [0.1, 0.15) is 0 Å². The third-order valence-electron chi connectivity index (χ3n) is 3.84. The Morgan fingerprint density at radius 1 is 1.27 bits per heavy atom. The number of nitrogens with zero attached hydrogens (tertiary/aromatic N) is 1. The molecule has 142 valence electrons. The highest BCUT2D eigenvalue weighted by atomic mass is 16.7. The molecule has 1 aliphatic heterocycles. The van der Waals surface area contributed by atoms with Crippen LogP contribution in [0.2, 0.25) is 0 Å². The number of hydrogen-bond donors (Lipinski definition) is 2. The van der Waals surface area contributed by atoms with Gasteiger partial charge in [0.15, 0.2) is 11.5 Å². The number of nitrogens with one attached hydrogen (secondary N) is 1. The Bertz CT molecular complexity index is 738. The number of rotatable bonds is 6. The zero-order chi connectivity index (χ0) is 19.5. The molecule has 1 amide bonds. The summed E-state index contributed by atoms with van der Waals surface area (Å²) in [6.07, 6.45) is -0.452. The molecule has 1 atom stereocenters. The lowest BCUT2D eigenvalue weighted by Crippen LogP contribution is -2.54. The summed E-state index contributed by atoms with van der Waals surface area (Å²) in [6.45, 7) is 5.43. The van der Waals surface area contributed by atoms with E-state index < -0.39 is 29.4 Å². The second-order valence-electron chi connectivity index (χ2n) is 7.14. The van der Waals surface area contributed by atoms with E-state index in [0.717, 1.165) is 0 Å². The molecule has 0 bridgehead atoms. The smallest absolute Gasteiger partial charge is 0.308 e. The maximum atomic E-state index is 12.7. The van der Waals surface area contributed by atoms with Crippen LogP contribution in [0.1, 0.15) is 39.2 Å². The van der Waals surface area contributed by atoms with E-state index in [1.54, 1.807) is 18.2 Å². The molecule has 0 aromatic heterocycles. The molecule has 26 heavy (non-hydrogen) atoms. The lowest BCUT2D eigenvalue weighted by atomic mass is 9.89. The molecular weight excluding hydrogens is 340 g/mol. The normalized spacial score (nSPS) is 19.3. The van der Waals surface area contributed by atoms with Crippen LogP contribution in [0.15, 0.2) is 23.4 Å². The predicted octanol–water partition coefficient (Wildman–Crippen LogP) is 1.96. The molecule has 1 aromatic rings. The quantitative estimate of drug-likeness (QED) is 0.799. The van der Waals surface area contributed by atoms with Gasteiger partial charge in [0.25, 0.3) is 5.91 Å². The SMILES string of the molecule is COc1ccc(C2=NOC(CC(=O)O)(C(=O)NC(C)(C)C)C2)cc1OC. The summed E-state index contributed by atoms with van der Waals surface area (Å²) in [6, 6.07) is 5.17. The maximum absolute atomic E-state index is 12.7. The van der Waals surface area contributed by atoms with Gasteiger partial charge < -0.3 is 24.7 Å². The number of carboxylic acids is 1. The first kappa shape index (κ1) is 19.6. The van der Waals surface area contributed by atoms with Crippen molar-refractivity contribution in [2.24, 2.45) is 5.16 Å². The van der Waals surface area contributed by atoms with Crippen LogP contribution in [-0.2, 0) is 14.4 Å². The fourth-order valence-electron chi connectivity index (χ4n) is 2.64. The van der Waals surface area contributed by atoms with Crippen molar-refractivity contribution < 1.29 is 29.0 Å². The van der Waals surface area contributed by atoms with E-state index in [-0.39, 0.29) is 6.42 Å². The first-order valence-electron chi connectivity index (χ1n) is 8.12. The summed E-state index contributed by atoms with van der Waals surface area (Å²) in [7, 11) is 3.04. The highest BCUT2D eigenvalue weighted by molar-refractivity contribution is 6.06. The van der Waals surface area contributed by atoms with E-state index in [1.807, 2.05) is 20.8 Å². The zero-order valence-corrected chi connectivity index (χ0v) is 15.6. The van der Waals surface area contributed by atoms with Crippen molar-refractivity contribution in [3.63, 3.8) is 0 Å². The molecule has 0 fully saturated rings. The van der Waals surface area contributed by atoms with Crippen LogP contribution in [-0.4, -0.2) is 48.1 Å². The summed E-state index contributed by atoms with van der Waals surface area (Å²) in [5, 5.41) is 16.0. The number of benzene rings is 1. The van der Waals surface area contributed by atoms with Crippen LogP contribution in [0.4, 0.5) is 0 Å². The number of hydrogen-bond acceptors (Lipinski definition) is 6. The first-order chi connectivity index (χ1) is 12.1. The summed E-state index contributed by atoms with van der Waals surface area (Å²) in [4.78, 5) is 29.4. The number of carboxylic acid groups (broad SMARTS) is 1. The molecule has 1 heterocycles. The number of ether oxygens (including phenoxy) is 2. The van der Waals surface area contributed by atoms with Gasteiger partial charge in [-0.1, -0.05) is 5.16 Å². The van der Waals surface area contributed by atoms with Crippen molar-refractivity contribution in [3.8, 4) is 11.5 Å². The van der Waals surface area contributed by atoms with Crippen LogP contribution >= 0.6 is 0 Å². The Morgan fingerprint density at radius 2 is 1.92 bits per heavy atom. The maximum Gasteiger partial charge on any atom is 0.308 e. The van der Waals surface area contributed by atoms with Crippen LogP contribution in [0.25, 0.3) is 0 Å². The standard InChI is InChI=1S/C18H24N2O6/c1-17(2,3)19-16(23)18(10-15(21)22)9-12(20-26-18)11-6-7-13(24-4)14(8-11)25-5/h6-8H,9-10H2,1-5H3,(H,19,23)(H,21,22). The molecule has 0 radical (unpaired) electrons. The second kappa shape index (κ2) is 7.23. The molecule has 8 nitrogen and oxygen atoms in total. The Hall–Kier alpha value is -2.77. The number of oxime groups is 1. The van der Waals surface area contributed by atoms with Gasteiger partial charge in [-0.15, -0.1) is 0 Å². The highest BCUT2D eigenvalue weighted by Gasteiger charge is 2.49. The van der Waals surface area contributed by atoms with E-state index in [9.17, 15) is 14.7 Å². The summed E-state index contributed by atoms with van der Waals surface area (Å²) < 4.78 is 10.5. The highest BCUT2D eigenvalue weighted by Crippen LogP contribution is 2.34. The lowest BCUT2D eigenvalue weighted by Gasteiger charge is -2.29. The van der Waals surface area contributed by atoms with Gasteiger partial charge in [-0.2, -0.15) is 0 Å². The Balaban J connectivity index is 2.30. The third-order valence-corrected chi connectivity index (χ3v) is 3.84. The Kier molecular flexibility index (Phi) is 5.44. The average molecular weight is 364 g/mol. The number of methoxy groups -OCH3 is 2. The average Bonchev–Trinajstić information content (AvgIpc) is 2.97. The molecule has 2 N–H and O–H groups in total. The third kappa shape index (κ3) is 4.25. The molecule has 2 rings (SSSR count). The summed E-state index contributed by atoms with van der Waals surface area (Å²) in [5.41, 5.74) is -0.977. The van der Waals surface area contributed by atoms with Crippen LogP contribution < -0.4 is 14.8 Å². The Labute approximate surface area is 152 Å². The molecule has 8 heteroatoms. The summed E-state index contributed by atoms with van der Waals surface area (Å²) >= 11 is 0. The number of aliphatic carboxylic acids is 1. The monoisotopic (exact) mass is 364 g/mol. The minimum absolute atomic E-state index is 0.0384. The minimum atomic E-state index is -1.58. The number of amides is 1. The topological polar surface area (TPSA) is 106 Å². The van der Waals surface area contributed by atoms with Crippen molar-refractivity contribution in [2.75, 3.05) is 14.2 Å². The van der Waals surface area contributed by atoms with E-state index in [4.69, 9.17) is 14.3 Å². The van der Waals surface area contributed by atoms with Crippen LogP contribution in [0.5, 0.6) is 11.5 Å². The van der Waals surface area contributed by atoms with E-state index in [2.05, 4.69) is 10.5 Å². The van der Waals surface area contributed by atoms with Gasteiger partial charge in [0.2, 0.25) is 5.60 Å². The largest absolute Gasteiger partial charge is 0.493 e. The molecule has 0 spiro atoms. The van der Waals surface area contributed by atoms with Gasteiger partial charge in [0.05, 0.1) is 26.4 Å². The van der Waals surface area contributed by atoms with Gasteiger partial charge in [0, 0.05) is 17.5 Å². The fraction of sp³-hybridized carbons (Fsp3) is 0.500. The minimum Gasteiger partial charge on any atom is -0.493 e. The molecule has 0 saturated carbocycles. The molecule has 1 unspecified atom stereocenters. The van der Waals surface area contributed by atoms with Crippen molar-refractivity contribution >= 4 is 17.6 Å². The van der Waals surface area contributed by atoms with E-state index in [1.165, 1.54) is 14.2 Å². The van der Waals surface area contributed by atoms with Crippen LogP contribution in [0, 0.1) is 0 Å². The van der Waals surface area contributed by atoms with Crippen molar-refractivity contribution in [3.05, 3.63) is 23.8 Å². The molecule has 1 aliphatic rings. The summed E-state index contributed by atoms with van der Waals surface area (Å²) in [5.74, 6) is -0.593. The molecular formula is C18H24N2O6. The van der Waals surface area contributed by atoms with Crippen molar-refractivity contribution in [1.82, 2.24) is 5.32 Å². The van der Waals surface area contributed by atoms with Gasteiger partial charge in [-0.25, -0.2) is 0 Å². The first-order valence-corrected chi connectivity index (χ1v) is 8.12. The number of carbonyl (C=O) groups is 2. The molecule has 0 aliphatic carbocycles. The van der Waals surface area contributed by atoms with E-state index >= 15 is 0 Å². The lowest BCUT2D eigenvalue weighted by molar-refractivity contribution is -0.157. The second-order valence-corrected chi connectivity index (χ2v) is 7.14.